The largest absolute Gasteiger partial charge is 0.490 e. The Hall–Kier alpha value is -2.91. The molecule has 1 aromatic carbocycles. The number of carbonyl (C=O) groups is 3. The fraction of sp³-hybridized carbons (Fsp3) is 0.630. The number of hydrogen-bond acceptors (Lipinski definition) is 4. The topological polar surface area (TPSA) is 122 Å². The molecule has 2 rings (SSSR count). The van der Waals surface area contributed by atoms with Gasteiger partial charge in [0.2, 0.25) is 5.91 Å². The highest BCUT2D eigenvalue weighted by molar-refractivity contribution is 5.97. The van der Waals surface area contributed by atoms with Gasteiger partial charge in [0.25, 0.3) is 0 Å². The zero-order valence-electron chi connectivity index (χ0n) is 21.7. The van der Waals surface area contributed by atoms with Crippen molar-refractivity contribution in [3.8, 4) is 0 Å². The van der Waals surface area contributed by atoms with Crippen LogP contribution in [0.4, 0.5) is 13.2 Å². The molecule has 0 unspecified atom stereocenters. The lowest BCUT2D eigenvalue weighted by Gasteiger charge is -2.24. The van der Waals surface area contributed by atoms with Crippen LogP contribution in [0.15, 0.2) is 35.3 Å². The molecular formula is C27H40F3N3O4. The number of aryl methyl sites for hydroxylation is 1. The Morgan fingerprint density at radius 2 is 1.70 bits per heavy atom. The summed E-state index contributed by atoms with van der Waals surface area (Å²) in [6.07, 6.45) is 5.22. The molecule has 0 heterocycles. The van der Waals surface area contributed by atoms with Crippen molar-refractivity contribution in [3.05, 3.63) is 35.9 Å². The lowest BCUT2D eigenvalue weighted by atomic mass is 9.83. The van der Waals surface area contributed by atoms with Gasteiger partial charge in [0.05, 0.1) is 0 Å². The summed E-state index contributed by atoms with van der Waals surface area (Å²) in [6, 6.07) is 9.45. The maximum Gasteiger partial charge on any atom is 0.490 e. The molecular weight excluding hydrogens is 487 g/mol. The Bertz CT molecular complexity index is 869. The molecule has 0 radical (unpaired) electrons. The SMILES string of the molecule is CC[C@H](C)CCC(=O)[C@@H](CC1CCCCC1)N=C(N)NC(=O)CCc1ccccc1.O=C(O)C(F)(F)F. The van der Waals surface area contributed by atoms with Gasteiger partial charge in [-0.25, -0.2) is 9.79 Å². The highest BCUT2D eigenvalue weighted by Gasteiger charge is 2.38. The van der Waals surface area contributed by atoms with Crippen molar-refractivity contribution in [2.45, 2.75) is 96.7 Å². The Kier molecular flexibility index (Phi) is 14.5. The van der Waals surface area contributed by atoms with Crippen LogP contribution in [0.3, 0.4) is 0 Å². The van der Waals surface area contributed by atoms with E-state index in [-0.39, 0.29) is 17.6 Å². The number of nitrogens with zero attached hydrogens (tertiary/aromatic N) is 1. The zero-order chi connectivity index (χ0) is 27.8. The monoisotopic (exact) mass is 527 g/mol. The van der Waals surface area contributed by atoms with Crippen molar-refractivity contribution in [3.63, 3.8) is 0 Å². The molecule has 1 amide bonds. The van der Waals surface area contributed by atoms with Gasteiger partial charge in [0.15, 0.2) is 11.7 Å². The number of alkyl halides is 3. The molecule has 1 aliphatic carbocycles. The number of halogens is 3. The van der Waals surface area contributed by atoms with Gasteiger partial charge in [-0.15, -0.1) is 0 Å². The predicted molar refractivity (Wildman–Crippen MR) is 137 cm³/mol. The fourth-order valence-electron chi connectivity index (χ4n) is 4.06. The molecule has 0 aromatic heterocycles. The number of carbonyl (C=O) groups excluding carboxylic acids is 2. The van der Waals surface area contributed by atoms with Gasteiger partial charge in [0, 0.05) is 12.8 Å². The van der Waals surface area contributed by atoms with Crippen molar-refractivity contribution in [1.82, 2.24) is 5.32 Å². The summed E-state index contributed by atoms with van der Waals surface area (Å²) in [6.45, 7) is 4.32. The number of guanidine groups is 1. The van der Waals surface area contributed by atoms with E-state index in [0.29, 0.717) is 31.1 Å². The number of nitrogens with two attached hydrogens (primary N) is 1. The number of Topliss-reactive ketones (excluding diaryl/α,β-unsaturated/α-hetero) is 1. The first-order chi connectivity index (χ1) is 17.4. The minimum Gasteiger partial charge on any atom is -0.475 e. The minimum atomic E-state index is -5.08. The van der Waals surface area contributed by atoms with Crippen LogP contribution in [-0.2, 0) is 20.8 Å². The van der Waals surface area contributed by atoms with Gasteiger partial charge in [-0.2, -0.15) is 13.2 Å². The summed E-state index contributed by atoms with van der Waals surface area (Å²) in [4.78, 5) is 38.5. The number of ketones is 1. The van der Waals surface area contributed by atoms with Gasteiger partial charge in [-0.3, -0.25) is 14.9 Å². The number of carboxylic acid groups (broad SMARTS) is 1. The van der Waals surface area contributed by atoms with Crippen molar-refractivity contribution >= 4 is 23.6 Å². The summed E-state index contributed by atoms with van der Waals surface area (Å²) in [5, 5.41) is 9.81. The van der Waals surface area contributed by atoms with E-state index in [1.807, 2.05) is 30.3 Å². The molecule has 10 heteroatoms. The summed E-state index contributed by atoms with van der Waals surface area (Å²) in [5.74, 6) is -1.63. The van der Waals surface area contributed by atoms with Gasteiger partial charge in [0.1, 0.15) is 6.04 Å². The summed E-state index contributed by atoms with van der Waals surface area (Å²) < 4.78 is 31.7. The Morgan fingerprint density at radius 1 is 1.11 bits per heavy atom. The quantitative estimate of drug-likeness (QED) is 0.262. The van der Waals surface area contributed by atoms with Crippen LogP contribution >= 0.6 is 0 Å². The van der Waals surface area contributed by atoms with Gasteiger partial charge in [-0.05, 0) is 36.7 Å². The van der Waals surface area contributed by atoms with E-state index in [1.54, 1.807) is 0 Å². The smallest absolute Gasteiger partial charge is 0.475 e. The number of carboxylic acids is 1. The third-order valence-corrected chi connectivity index (χ3v) is 6.52. The maximum atomic E-state index is 12.9. The van der Waals surface area contributed by atoms with Crippen LogP contribution in [-0.4, -0.2) is 40.9 Å². The van der Waals surface area contributed by atoms with Gasteiger partial charge < -0.3 is 10.8 Å². The van der Waals surface area contributed by atoms with Crippen LogP contribution in [0.25, 0.3) is 0 Å². The van der Waals surface area contributed by atoms with E-state index in [1.165, 1.54) is 19.3 Å². The van der Waals surface area contributed by atoms with Crippen molar-refractivity contribution < 1.29 is 32.7 Å². The Balaban J connectivity index is 0.000000856. The molecule has 0 saturated heterocycles. The first kappa shape index (κ1) is 32.1. The molecule has 208 valence electrons. The average Bonchev–Trinajstić information content (AvgIpc) is 2.86. The van der Waals surface area contributed by atoms with Crippen LogP contribution in [0.2, 0.25) is 0 Å². The van der Waals surface area contributed by atoms with E-state index in [0.717, 1.165) is 37.7 Å². The number of aliphatic carboxylic acids is 1. The van der Waals surface area contributed by atoms with Gasteiger partial charge >= 0.3 is 12.1 Å². The molecule has 0 bridgehead atoms. The molecule has 1 aromatic rings. The predicted octanol–water partition coefficient (Wildman–Crippen LogP) is 5.42. The maximum absolute atomic E-state index is 12.9. The second-order valence-corrected chi connectivity index (χ2v) is 9.62. The molecule has 2 atom stereocenters. The van der Waals surface area contributed by atoms with Crippen molar-refractivity contribution in [2.75, 3.05) is 0 Å². The van der Waals surface area contributed by atoms with E-state index >= 15 is 0 Å². The number of amides is 1. The minimum absolute atomic E-state index is 0.0748. The summed E-state index contributed by atoms with van der Waals surface area (Å²) in [5.41, 5.74) is 7.15. The van der Waals surface area contributed by atoms with E-state index in [2.05, 4.69) is 24.2 Å². The molecule has 0 spiro atoms. The van der Waals surface area contributed by atoms with Crippen LogP contribution in [0.5, 0.6) is 0 Å². The third kappa shape index (κ3) is 14.4. The van der Waals surface area contributed by atoms with Crippen LogP contribution in [0, 0.1) is 11.8 Å². The molecule has 1 aliphatic rings. The second-order valence-electron chi connectivity index (χ2n) is 9.62. The number of benzene rings is 1. The normalized spacial score (nSPS) is 16.2. The van der Waals surface area contributed by atoms with Crippen molar-refractivity contribution in [1.29, 1.82) is 0 Å². The second kappa shape index (κ2) is 16.8. The van der Waals surface area contributed by atoms with Crippen molar-refractivity contribution in [2.24, 2.45) is 22.6 Å². The average molecular weight is 528 g/mol. The lowest BCUT2D eigenvalue weighted by Crippen LogP contribution is -2.39. The number of rotatable bonds is 11. The van der Waals surface area contributed by atoms with Gasteiger partial charge in [-0.1, -0.05) is 82.7 Å². The first-order valence-corrected chi connectivity index (χ1v) is 12.9. The molecule has 7 nitrogen and oxygen atoms in total. The molecule has 1 fully saturated rings. The molecule has 37 heavy (non-hydrogen) atoms. The highest BCUT2D eigenvalue weighted by atomic mass is 19.4. The Labute approximate surface area is 217 Å². The van der Waals surface area contributed by atoms with E-state index < -0.39 is 18.2 Å². The van der Waals surface area contributed by atoms with Crippen LogP contribution < -0.4 is 11.1 Å². The van der Waals surface area contributed by atoms with E-state index in [9.17, 15) is 22.8 Å². The van der Waals surface area contributed by atoms with E-state index in [4.69, 9.17) is 15.6 Å². The first-order valence-electron chi connectivity index (χ1n) is 12.9. The summed E-state index contributed by atoms with van der Waals surface area (Å²) >= 11 is 0. The Morgan fingerprint density at radius 3 is 2.24 bits per heavy atom. The highest BCUT2D eigenvalue weighted by Crippen LogP contribution is 2.29. The molecule has 1 saturated carbocycles. The molecule has 4 N–H and O–H groups in total. The fourth-order valence-corrected chi connectivity index (χ4v) is 4.06. The van der Waals surface area contributed by atoms with Crippen LogP contribution in [0.1, 0.15) is 83.6 Å². The number of hydrogen-bond donors (Lipinski definition) is 3. The third-order valence-electron chi connectivity index (χ3n) is 6.52. The molecule has 0 aliphatic heterocycles. The zero-order valence-corrected chi connectivity index (χ0v) is 21.7. The summed E-state index contributed by atoms with van der Waals surface area (Å²) in [7, 11) is 0. The number of aliphatic imine (C=N–C) groups is 1. The lowest BCUT2D eigenvalue weighted by molar-refractivity contribution is -0.192. The standard InChI is InChI=1S/C25H39N3O2.C2HF3O2/c1-3-19(2)14-16-23(29)22(18-21-12-8-5-9-13-21)27-25(26)28-24(30)17-15-20-10-6-4-7-11-20;3-2(4,5)1(6)7/h4,6-7,10-11,19,21-22H,3,5,8-9,12-18H2,1-2H3,(H3,26,27,28,30);(H,6,7)/t19-,22+;/m0./s1. The number of nitrogens with one attached hydrogen (secondary N) is 1.